The van der Waals surface area contributed by atoms with Crippen molar-refractivity contribution in [2.75, 3.05) is 7.11 Å². The quantitative estimate of drug-likeness (QED) is 0.714. The topological polar surface area (TPSA) is 55.4 Å². The second-order valence-electron chi connectivity index (χ2n) is 6.00. The SMILES string of the molecule is COc1ccc(S(=O)(=O)N[C@@H](c2ccccc2)c2ccccc2C)cc1. The summed E-state index contributed by atoms with van der Waals surface area (Å²) in [5, 5.41) is 0. The summed E-state index contributed by atoms with van der Waals surface area (Å²) in [6.07, 6.45) is 0. The Balaban J connectivity index is 2.01. The second-order valence-corrected chi connectivity index (χ2v) is 7.71. The molecule has 0 unspecified atom stereocenters. The van der Waals surface area contributed by atoms with Gasteiger partial charge in [-0.05, 0) is 47.9 Å². The minimum atomic E-state index is -3.70. The standard InChI is InChI=1S/C21H21NO3S/c1-16-8-6-7-11-20(16)21(17-9-4-3-5-10-17)22-26(23,24)19-14-12-18(25-2)13-15-19/h3-15,21-22H,1-2H3/t21-/m0/s1. The van der Waals surface area contributed by atoms with Crippen molar-refractivity contribution in [1.82, 2.24) is 4.72 Å². The molecular formula is C21H21NO3S. The lowest BCUT2D eigenvalue weighted by molar-refractivity contribution is 0.414. The molecule has 0 radical (unpaired) electrons. The predicted molar refractivity (Wildman–Crippen MR) is 103 cm³/mol. The van der Waals surface area contributed by atoms with Gasteiger partial charge in [0.1, 0.15) is 5.75 Å². The van der Waals surface area contributed by atoms with E-state index in [-0.39, 0.29) is 4.90 Å². The Morgan fingerprint density at radius 2 is 1.46 bits per heavy atom. The number of methoxy groups -OCH3 is 1. The average Bonchev–Trinajstić information content (AvgIpc) is 2.67. The lowest BCUT2D eigenvalue weighted by atomic mass is 9.96. The van der Waals surface area contributed by atoms with Crippen LogP contribution in [0.4, 0.5) is 0 Å². The van der Waals surface area contributed by atoms with Crippen LogP contribution in [0.3, 0.4) is 0 Å². The van der Waals surface area contributed by atoms with Crippen LogP contribution in [0.25, 0.3) is 0 Å². The molecule has 0 heterocycles. The molecule has 3 aromatic carbocycles. The summed E-state index contributed by atoms with van der Waals surface area (Å²) in [6.45, 7) is 1.98. The molecule has 3 aromatic rings. The number of hydrogen-bond donors (Lipinski definition) is 1. The summed E-state index contributed by atoms with van der Waals surface area (Å²) in [5.74, 6) is 0.613. The van der Waals surface area contributed by atoms with Gasteiger partial charge in [-0.15, -0.1) is 0 Å². The minimum absolute atomic E-state index is 0.202. The van der Waals surface area contributed by atoms with Gasteiger partial charge >= 0.3 is 0 Å². The van der Waals surface area contributed by atoms with Gasteiger partial charge in [0.25, 0.3) is 0 Å². The fourth-order valence-corrected chi connectivity index (χ4v) is 4.05. The Hall–Kier alpha value is -2.63. The van der Waals surface area contributed by atoms with Crippen molar-refractivity contribution in [2.45, 2.75) is 17.9 Å². The van der Waals surface area contributed by atoms with Gasteiger partial charge in [0.2, 0.25) is 10.0 Å². The van der Waals surface area contributed by atoms with E-state index in [0.717, 1.165) is 16.7 Å². The first kappa shape index (κ1) is 18.2. The van der Waals surface area contributed by atoms with Gasteiger partial charge in [-0.3, -0.25) is 0 Å². The van der Waals surface area contributed by atoms with Crippen LogP contribution in [0.5, 0.6) is 5.75 Å². The average molecular weight is 367 g/mol. The molecule has 1 N–H and O–H groups in total. The van der Waals surface area contributed by atoms with Crippen molar-refractivity contribution in [2.24, 2.45) is 0 Å². The molecule has 5 heteroatoms. The van der Waals surface area contributed by atoms with Crippen molar-refractivity contribution in [3.05, 3.63) is 95.6 Å². The molecule has 0 bridgehead atoms. The third-order valence-corrected chi connectivity index (χ3v) is 5.71. The van der Waals surface area contributed by atoms with E-state index in [4.69, 9.17) is 4.74 Å². The lowest BCUT2D eigenvalue weighted by Gasteiger charge is -2.21. The number of benzene rings is 3. The van der Waals surface area contributed by atoms with Crippen molar-refractivity contribution in [1.29, 1.82) is 0 Å². The van der Waals surface area contributed by atoms with Crippen LogP contribution < -0.4 is 9.46 Å². The maximum absolute atomic E-state index is 12.9. The van der Waals surface area contributed by atoms with Crippen LogP contribution in [0.1, 0.15) is 22.7 Å². The van der Waals surface area contributed by atoms with Crippen molar-refractivity contribution < 1.29 is 13.2 Å². The zero-order valence-corrected chi connectivity index (χ0v) is 15.5. The van der Waals surface area contributed by atoms with E-state index in [2.05, 4.69) is 4.72 Å². The van der Waals surface area contributed by atoms with Gasteiger partial charge in [0.15, 0.2) is 0 Å². The van der Waals surface area contributed by atoms with E-state index < -0.39 is 16.1 Å². The highest BCUT2D eigenvalue weighted by Crippen LogP contribution is 2.27. The van der Waals surface area contributed by atoms with Crippen molar-refractivity contribution in [3.63, 3.8) is 0 Å². The van der Waals surface area contributed by atoms with E-state index in [1.807, 2.05) is 61.5 Å². The van der Waals surface area contributed by atoms with E-state index in [9.17, 15) is 8.42 Å². The summed E-state index contributed by atoms with van der Waals surface area (Å²) >= 11 is 0. The monoisotopic (exact) mass is 367 g/mol. The Morgan fingerprint density at radius 3 is 2.08 bits per heavy atom. The third kappa shape index (κ3) is 3.95. The van der Waals surface area contributed by atoms with Crippen molar-refractivity contribution >= 4 is 10.0 Å². The van der Waals surface area contributed by atoms with Gasteiger partial charge in [-0.2, -0.15) is 4.72 Å². The molecule has 0 fully saturated rings. The number of sulfonamides is 1. The number of hydrogen-bond acceptors (Lipinski definition) is 3. The zero-order valence-electron chi connectivity index (χ0n) is 14.7. The molecule has 26 heavy (non-hydrogen) atoms. The first-order chi connectivity index (χ1) is 12.5. The summed E-state index contributed by atoms with van der Waals surface area (Å²) in [6, 6.07) is 23.3. The highest BCUT2D eigenvalue weighted by molar-refractivity contribution is 7.89. The lowest BCUT2D eigenvalue weighted by Crippen LogP contribution is -2.30. The maximum atomic E-state index is 12.9. The second kappa shape index (κ2) is 7.72. The largest absolute Gasteiger partial charge is 0.497 e. The van der Waals surface area contributed by atoms with Crippen LogP contribution in [0, 0.1) is 6.92 Å². The normalized spacial score (nSPS) is 12.5. The Bertz CT molecular complexity index is 968. The minimum Gasteiger partial charge on any atom is -0.497 e. The highest BCUT2D eigenvalue weighted by Gasteiger charge is 2.23. The molecule has 0 aliphatic rings. The summed E-state index contributed by atoms with van der Waals surface area (Å²) in [5.41, 5.74) is 2.84. The molecule has 0 aliphatic heterocycles. The van der Waals surface area contributed by atoms with Gasteiger partial charge < -0.3 is 4.74 Å². The van der Waals surface area contributed by atoms with Crippen LogP contribution in [-0.2, 0) is 10.0 Å². The molecule has 0 amide bonds. The molecule has 0 saturated carbocycles. The van der Waals surface area contributed by atoms with Crippen LogP contribution in [0.15, 0.2) is 83.8 Å². The Labute approximate surface area is 154 Å². The van der Waals surface area contributed by atoms with E-state index >= 15 is 0 Å². The van der Waals surface area contributed by atoms with E-state index in [0.29, 0.717) is 5.75 Å². The number of nitrogens with one attached hydrogen (secondary N) is 1. The van der Waals surface area contributed by atoms with E-state index in [1.54, 1.807) is 31.4 Å². The number of rotatable bonds is 6. The zero-order chi connectivity index (χ0) is 18.6. The molecule has 134 valence electrons. The van der Waals surface area contributed by atoms with E-state index in [1.165, 1.54) is 0 Å². The summed E-state index contributed by atoms with van der Waals surface area (Å²) in [4.78, 5) is 0.202. The Morgan fingerprint density at radius 1 is 0.846 bits per heavy atom. The van der Waals surface area contributed by atoms with Gasteiger partial charge in [-0.25, -0.2) is 8.42 Å². The summed E-state index contributed by atoms with van der Waals surface area (Å²) in [7, 11) is -2.16. The molecular weight excluding hydrogens is 346 g/mol. The molecule has 0 aromatic heterocycles. The maximum Gasteiger partial charge on any atom is 0.241 e. The van der Waals surface area contributed by atoms with Crippen LogP contribution in [0.2, 0.25) is 0 Å². The molecule has 1 atom stereocenters. The van der Waals surface area contributed by atoms with Crippen LogP contribution >= 0.6 is 0 Å². The molecule has 0 saturated heterocycles. The number of aryl methyl sites for hydroxylation is 1. The smallest absolute Gasteiger partial charge is 0.241 e. The molecule has 0 spiro atoms. The molecule has 3 rings (SSSR count). The fraction of sp³-hybridized carbons (Fsp3) is 0.143. The first-order valence-electron chi connectivity index (χ1n) is 8.28. The van der Waals surface area contributed by atoms with Gasteiger partial charge in [-0.1, -0.05) is 54.6 Å². The third-order valence-electron chi connectivity index (χ3n) is 4.28. The summed E-state index contributed by atoms with van der Waals surface area (Å²) < 4.78 is 33.9. The highest BCUT2D eigenvalue weighted by atomic mass is 32.2. The Kier molecular flexibility index (Phi) is 5.40. The van der Waals surface area contributed by atoms with Gasteiger partial charge in [0.05, 0.1) is 18.0 Å². The fourth-order valence-electron chi connectivity index (χ4n) is 2.85. The first-order valence-corrected chi connectivity index (χ1v) is 9.76. The molecule has 0 aliphatic carbocycles. The van der Waals surface area contributed by atoms with Gasteiger partial charge in [0, 0.05) is 0 Å². The van der Waals surface area contributed by atoms with Crippen molar-refractivity contribution in [3.8, 4) is 5.75 Å². The van der Waals surface area contributed by atoms with Crippen LogP contribution in [-0.4, -0.2) is 15.5 Å². The predicted octanol–water partition coefficient (Wildman–Crippen LogP) is 4.07. The number of ether oxygens (including phenoxy) is 1. The molecule has 4 nitrogen and oxygen atoms in total.